The Morgan fingerprint density at radius 2 is 1.68 bits per heavy atom. The van der Waals surface area contributed by atoms with E-state index in [0.29, 0.717) is 11.6 Å². The van der Waals surface area contributed by atoms with Crippen molar-refractivity contribution in [1.29, 1.82) is 0 Å². The van der Waals surface area contributed by atoms with Gasteiger partial charge in [0, 0.05) is 28.5 Å². The summed E-state index contributed by atoms with van der Waals surface area (Å²) in [6, 6.07) is 14.5. The Bertz CT molecular complexity index is 756. The van der Waals surface area contributed by atoms with Crippen LogP contribution in [0.1, 0.15) is 11.1 Å². The van der Waals surface area contributed by atoms with E-state index in [1.165, 1.54) is 9.71 Å². The molecule has 2 aromatic carbocycles. The number of benzene rings is 2. The highest BCUT2D eigenvalue weighted by Crippen LogP contribution is 2.15. The van der Waals surface area contributed by atoms with Gasteiger partial charge in [0.15, 0.2) is 0 Å². The molecule has 0 aliphatic rings. The van der Waals surface area contributed by atoms with Crippen LogP contribution in [0, 0.1) is 0 Å². The van der Waals surface area contributed by atoms with Gasteiger partial charge in [-0.25, -0.2) is 8.42 Å². The van der Waals surface area contributed by atoms with Gasteiger partial charge >= 0.3 is 0 Å². The van der Waals surface area contributed by atoms with Crippen LogP contribution in [0.5, 0.6) is 0 Å². The second-order valence-corrected chi connectivity index (χ2v) is 8.06. The lowest BCUT2D eigenvalue weighted by molar-refractivity contribution is 0.475. The van der Waals surface area contributed by atoms with Crippen molar-refractivity contribution in [1.82, 2.24) is 4.31 Å². The minimum absolute atomic E-state index is 0.320. The number of nitrogens with zero attached hydrogens (tertiary/aromatic N) is 1. The van der Waals surface area contributed by atoms with Crippen LogP contribution in [0.4, 0.5) is 0 Å². The normalized spacial score (nSPS) is 12.2. The van der Waals surface area contributed by atoms with Gasteiger partial charge in [-0.3, -0.25) is 0 Å². The summed E-state index contributed by atoms with van der Waals surface area (Å²) >= 11 is 9.15. The topological polar surface area (TPSA) is 37.4 Å². The Kier molecular flexibility index (Phi) is 5.81. The van der Waals surface area contributed by atoms with E-state index in [1.807, 2.05) is 24.3 Å². The van der Waals surface area contributed by atoms with Crippen LogP contribution in [-0.4, -0.2) is 19.8 Å². The molecule has 0 fully saturated rings. The second kappa shape index (κ2) is 7.42. The SMILES string of the molecule is CN(Cc1ccc(Br)cc1)S(=O)(=O)/C=C/c1ccc(Cl)cc1. The van der Waals surface area contributed by atoms with Gasteiger partial charge in [-0.15, -0.1) is 0 Å². The summed E-state index contributed by atoms with van der Waals surface area (Å²) in [6.45, 7) is 0.320. The molecule has 2 aromatic rings. The lowest BCUT2D eigenvalue weighted by atomic mass is 10.2. The van der Waals surface area contributed by atoms with Crippen LogP contribution < -0.4 is 0 Å². The van der Waals surface area contributed by atoms with Gasteiger partial charge in [-0.1, -0.05) is 51.8 Å². The van der Waals surface area contributed by atoms with Gasteiger partial charge in [-0.05, 0) is 41.5 Å². The quantitative estimate of drug-likeness (QED) is 0.739. The van der Waals surface area contributed by atoms with E-state index >= 15 is 0 Å². The first kappa shape index (κ1) is 17.2. The third kappa shape index (κ3) is 4.95. The van der Waals surface area contributed by atoms with E-state index in [2.05, 4.69) is 15.9 Å². The van der Waals surface area contributed by atoms with Crippen molar-refractivity contribution in [2.75, 3.05) is 7.05 Å². The van der Waals surface area contributed by atoms with E-state index in [-0.39, 0.29) is 0 Å². The van der Waals surface area contributed by atoms with Gasteiger partial charge in [0.05, 0.1) is 0 Å². The van der Waals surface area contributed by atoms with Crippen LogP contribution in [0.2, 0.25) is 5.02 Å². The smallest absolute Gasteiger partial charge is 0.208 e. The second-order valence-electron chi connectivity index (χ2n) is 4.78. The zero-order valence-electron chi connectivity index (χ0n) is 11.9. The molecule has 0 aliphatic carbocycles. The number of sulfonamides is 1. The molecule has 0 bridgehead atoms. The maximum Gasteiger partial charge on any atom is 0.236 e. The standard InChI is InChI=1S/C16H15BrClNO2S/c1-19(12-14-2-6-15(17)7-3-14)22(20,21)11-10-13-4-8-16(18)9-5-13/h2-11H,12H2,1H3/b11-10+. The molecule has 0 amide bonds. The van der Waals surface area contributed by atoms with Crippen molar-refractivity contribution >= 4 is 43.6 Å². The molecule has 0 unspecified atom stereocenters. The van der Waals surface area contributed by atoms with Crippen molar-refractivity contribution in [2.45, 2.75) is 6.54 Å². The van der Waals surface area contributed by atoms with E-state index in [1.54, 1.807) is 37.4 Å². The largest absolute Gasteiger partial charge is 0.236 e. The van der Waals surface area contributed by atoms with Crippen molar-refractivity contribution < 1.29 is 8.42 Å². The molecule has 0 N–H and O–H groups in total. The van der Waals surface area contributed by atoms with Crippen LogP contribution in [0.25, 0.3) is 6.08 Å². The molecular formula is C16H15BrClNO2S. The lowest BCUT2D eigenvalue weighted by Gasteiger charge is -2.14. The third-order valence-corrected chi connectivity index (χ3v) is 5.31. The average Bonchev–Trinajstić information content (AvgIpc) is 2.49. The highest BCUT2D eigenvalue weighted by atomic mass is 79.9. The zero-order chi connectivity index (χ0) is 16.2. The molecule has 0 radical (unpaired) electrons. The van der Waals surface area contributed by atoms with Crippen molar-refractivity contribution in [3.8, 4) is 0 Å². The van der Waals surface area contributed by atoms with E-state index in [9.17, 15) is 8.42 Å². The first-order valence-electron chi connectivity index (χ1n) is 6.51. The minimum atomic E-state index is -3.47. The highest BCUT2D eigenvalue weighted by Gasteiger charge is 2.14. The molecule has 0 saturated heterocycles. The van der Waals surface area contributed by atoms with Gasteiger partial charge in [0.1, 0.15) is 0 Å². The fraction of sp³-hybridized carbons (Fsp3) is 0.125. The number of rotatable bonds is 5. The first-order valence-corrected chi connectivity index (χ1v) is 9.19. The summed E-state index contributed by atoms with van der Waals surface area (Å²) < 4.78 is 26.8. The predicted molar refractivity (Wildman–Crippen MR) is 95.0 cm³/mol. The Balaban J connectivity index is 2.08. The number of hydrogen-bond donors (Lipinski definition) is 0. The predicted octanol–water partition coefficient (Wildman–Crippen LogP) is 4.54. The Morgan fingerprint density at radius 3 is 2.27 bits per heavy atom. The zero-order valence-corrected chi connectivity index (χ0v) is 15.1. The maximum atomic E-state index is 12.2. The minimum Gasteiger partial charge on any atom is -0.208 e. The highest BCUT2D eigenvalue weighted by molar-refractivity contribution is 9.10. The summed E-state index contributed by atoms with van der Waals surface area (Å²) in [5.74, 6) is 0. The molecule has 0 aliphatic heterocycles. The summed E-state index contributed by atoms with van der Waals surface area (Å²) in [7, 11) is -1.91. The third-order valence-electron chi connectivity index (χ3n) is 3.06. The van der Waals surface area contributed by atoms with Crippen LogP contribution in [0.15, 0.2) is 58.4 Å². The summed E-state index contributed by atoms with van der Waals surface area (Å²) in [5.41, 5.74) is 1.71. The fourth-order valence-electron chi connectivity index (χ4n) is 1.78. The molecule has 0 heterocycles. The fourth-order valence-corrected chi connectivity index (χ4v) is 3.04. The number of hydrogen-bond acceptors (Lipinski definition) is 2. The monoisotopic (exact) mass is 399 g/mol. The summed E-state index contributed by atoms with van der Waals surface area (Å²) in [5, 5.41) is 1.82. The van der Waals surface area contributed by atoms with Gasteiger partial charge in [-0.2, -0.15) is 4.31 Å². The van der Waals surface area contributed by atoms with E-state index in [4.69, 9.17) is 11.6 Å². The Hall–Kier alpha value is -1.14. The molecule has 2 rings (SSSR count). The van der Waals surface area contributed by atoms with Gasteiger partial charge in [0.25, 0.3) is 0 Å². The van der Waals surface area contributed by atoms with Crippen LogP contribution >= 0.6 is 27.5 Å². The van der Waals surface area contributed by atoms with Crippen LogP contribution in [0.3, 0.4) is 0 Å². The molecule has 3 nitrogen and oxygen atoms in total. The molecule has 0 aromatic heterocycles. The van der Waals surface area contributed by atoms with Crippen LogP contribution in [-0.2, 0) is 16.6 Å². The molecule has 22 heavy (non-hydrogen) atoms. The Morgan fingerprint density at radius 1 is 1.09 bits per heavy atom. The molecule has 6 heteroatoms. The van der Waals surface area contributed by atoms with E-state index in [0.717, 1.165) is 15.6 Å². The molecule has 0 saturated carbocycles. The maximum absolute atomic E-state index is 12.2. The summed E-state index contributed by atoms with van der Waals surface area (Å²) in [4.78, 5) is 0. The van der Waals surface area contributed by atoms with Gasteiger partial charge < -0.3 is 0 Å². The van der Waals surface area contributed by atoms with Crippen molar-refractivity contribution in [2.24, 2.45) is 0 Å². The van der Waals surface area contributed by atoms with Gasteiger partial charge in [0.2, 0.25) is 10.0 Å². The average molecular weight is 401 g/mol. The molecular weight excluding hydrogens is 386 g/mol. The van der Waals surface area contributed by atoms with Crippen molar-refractivity contribution in [3.05, 3.63) is 74.6 Å². The first-order chi connectivity index (χ1) is 10.4. The lowest BCUT2D eigenvalue weighted by Crippen LogP contribution is -2.24. The van der Waals surface area contributed by atoms with Crippen molar-refractivity contribution in [3.63, 3.8) is 0 Å². The number of halogens is 2. The molecule has 0 spiro atoms. The molecule has 116 valence electrons. The van der Waals surface area contributed by atoms with E-state index < -0.39 is 10.0 Å². The Labute approximate surface area is 144 Å². The molecule has 0 atom stereocenters. The summed E-state index contributed by atoms with van der Waals surface area (Å²) in [6.07, 6.45) is 1.56.